The van der Waals surface area contributed by atoms with E-state index in [1.165, 1.54) is 4.68 Å². The summed E-state index contributed by atoms with van der Waals surface area (Å²) in [7, 11) is 1.67. The van der Waals surface area contributed by atoms with Gasteiger partial charge >= 0.3 is 5.69 Å². The Hall–Kier alpha value is -2.03. The summed E-state index contributed by atoms with van der Waals surface area (Å²) in [6.07, 6.45) is 6.54. The van der Waals surface area contributed by atoms with Crippen molar-refractivity contribution in [2.45, 2.75) is 19.8 Å². The van der Waals surface area contributed by atoms with Gasteiger partial charge in [0.25, 0.3) is 0 Å². The van der Waals surface area contributed by atoms with Crippen LogP contribution in [0.15, 0.2) is 0 Å². The van der Waals surface area contributed by atoms with Crippen molar-refractivity contribution in [2.24, 2.45) is 7.05 Å². The molecule has 0 atom stereocenters. The minimum Gasteiger partial charge on any atom is -0.365 e. The molecule has 6 heteroatoms. The van der Waals surface area contributed by atoms with Gasteiger partial charge in [-0.2, -0.15) is 5.10 Å². The molecule has 86 valence electrons. The predicted molar refractivity (Wildman–Crippen MR) is 61.2 cm³/mol. The Balaban J connectivity index is 2.79. The van der Waals surface area contributed by atoms with Crippen molar-refractivity contribution in [2.75, 3.05) is 11.9 Å². The van der Waals surface area contributed by atoms with E-state index in [1.807, 2.05) is 0 Å². The Bertz CT molecular complexity index is 431. The Morgan fingerprint density at radius 2 is 2.38 bits per heavy atom. The molecule has 0 amide bonds. The molecule has 0 aromatic carbocycles. The highest BCUT2D eigenvalue weighted by Gasteiger charge is 2.23. The largest absolute Gasteiger partial charge is 0.365 e. The number of hydrogen-bond donors (Lipinski definition) is 1. The third kappa shape index (κ3) is 2.51. The molecule has 0 saturated heterocycles. The monoisotopic (exact) mass is 222 g/mol. The zero-order valence-electron chi connectivity index (χ0n) is 9.36. The normalized spacial score (nSPS) is 9.81. The number of nitro groups is 1. The third-order valence-corrected chi connectivity index (χ3v) is 2.16. The summed E-state index contributed by atoms with van der Waals surface area (Å²) in [5, 5.41) is 17.8. The van der Waals surface area contributed by atoms with Crippen LogP contribution in [-0.4, -0.2) is 21.2 Å². The third-order valence-electron chi connectivity index (χ3n) is 2.16. The topological polar surface area (TPSA) is 73.0 Å². The number of nitrogens with one attached hydrogen (secondary N) is 1. The molecule has 0 aliphatic heterocycles. The van der Waals surface area contributed by atoms with E-state index in [0.717, 1.165) is 6.42 Å². The van der Waals surface area contributed by atoms with E-state index < -0.39 is 4.92 Å². The molecule has 1 heterocycles. The quantitative estimate of drug-likeness (QED) is 0.354. The molecule has 0 spiro atoms. The number of terminal acetylenes is 1. The summed E-state index contributed by atoms with van der Waals surface area (Å²) in [4.78, 5) is 10.4. The highest BCUT2D eigenvalue weighted by Crippen LogP contribution is 2.26. The van der Waals surface area contributed by atoms with Gasteiger partial charge in [0.15, 0.2) is 0 Å². The van der Waals surface area contributed by atoms with E-state index in [4.69, 9.17) is 6.42 Å². The Kier molecular flexibility index (Phi) is 3.89. The van der Waals surface area contributed by atoms with Gasteiger partial charge in [0.05, 0.1) is 4.92 Å². The van der Waals surface area contributed by atoms with E-state index in [2.05, 4.69) is 16.3 Å². The van der Waals surface area contributed by atoms with Crippen molar-refractivity contribution >= 4 is 11.5 Å². The molecule has 6 nitrogen and oxygen atoms in total. The highest BCUT2D eigenvalue weighted by atomic mass is 16.6. The molecule has 0 bridgehead atoms. The summed E-state index contributed by atoms with van der Waals surface area (Å²) in [5.74, 6) is 2.94. The number of rotatable bonds is 5. The lowest BCUT2D eigenvalue weighted by Gasteiger charge is -2.04. The van der Waals surface area contributed by atoms with E-state index in [0.29, 0.717) is 24.5 Å². The average Bonchev–Trinajstić information content (AvgIpc) is 2.48. The molecule has 0 fully saturated rings. The van der Waals surface area contributed by atoms with E-state index in [-0.39, 0.29) is 5.69 Å². The van der Waals surface area contributed by atoms with Crippen LogP contribution in [0.25, 0.3) is 0 Å². The molecule has 0 aliphatic carbocycles. The smallest absolute Gasteiger partial charge is 0.333 e. The average molecular weight is 222 g/mol. The van der Waals surface area contributed by atoms with Crippen LogP contribution in [-0.2, 0) is 7.05 Å². The van der Waals surface area contributed by atoms with Gasteiger partial charge in [-0.1, -0.05) is 0 Å². The van der Waals surface area contributed by atoms with Crippen LogP contribution >= 0.6 is 0 Å². The van der Waals surface area contributed by atoms with Crippen LogP contribution in [0.3, 0.4) is 0 Å². The van der Waals surface area contributed by atoms with Gasteiger partial charge < -0.3 is 5.32 Å². The number of unbranched alkanes of at least 4 members (excludes halogenated alkanes) is 1. The minimum atomic E-state index is -0.425. The minimum absolute atomic E-state index is 0.0307. The standard InChI is InChI=1S/C10H14N4O2/c1-4-5-6-7-11-10-9(14(15)16)8(2)12-13(10)3/h1,11H,5-7H2,2-3H3. The maximum atomic E-state index is 10.8. The first-order valence-corrected chi connectivity index (χ1v) is 4.93. The van der Waals surface area contributed by atoms with Crippen molar-refractivity contribution in [1.29, 1.82) is 0 Å². The second-order valence-corrected chi connectivity index (χ2v) is 3.40. The Morgan fingerprint density at radius 3 is 2.94 bits per heavy atom. The number of hydrogen-bond acceptors (Lipinski definition) is 4. The fourth-order valence-electron chi connectivity index (χ4n) is 1.46. The summed E-state index contributed by atoms with van der Waals surface area (Å²) in [6, 6.07) is 0. The van der Waals surface area contributed by atoms with Crippen molar-refractivity contribution in [3.8, 4) is 12.3 Å². The Labute approximate surface area is 93.8 Å². The lowest BCUT2D eigenvalue weighted by atomic mass is 10.3. The molecule has 1 aromatic rings. The van der Waals surface area contributed by atoms with E-state index in [9.17, 15) is 10.1 Å². The maximum absolute atomic E-state index is 10.8. The van der Waals surface area contributed by atoms with Gasteiger partial charge in [-0.15, -0.1) is 12.3 Å². The fraction of sp³-hybridized carbons (Fsp3) is 0.500. The summed E-state index contributed by atoms with van der Waals surface area (Å²) >= 11 is 0. The van der Waals surface area contributed by atoms with Crippen molar-refractivity contribution < 1.29 is 4.92 Å². The highest BCUT2D eigenvalue weighted by molar-refractivity contribution is 5.59. The lowest BCUT2D eigenvalue weighted by Crippen LogP contribution is -2.07. The van der Waals surface area contributed by atoms with Gasteiger partial charge in [-0.3, -0.25) is 10.1 Å². The van der Waals surface area contributed by atoms with Crippen LogP contribution < -0.4 is 5.32 Å². The SMILES string of the molecule is C#CCCCNc1c([N+](=O)[O-])c(C)nn1C. The molecule has 0 radical (unpaired) electrons. The zero-order valence-corrected chi connectivity index (χ0v) is 9.36. The first kappa shape index (κ1) is 12.0. The van der Waals surface area contributed by atoms with Crippen LogP contribution in [0.4, 0.5) is 11.5 Å². The Morgan fingerprint density at radius 1 is 1.69 bits per heavy atom. The molecule has 16 heavy (non-hydrogen) atoms. The number of aromatic nitrogens is 2. The van der Waals surface area contributed by atoms with E-state index >= 15 is 0 Å². The van der Waals surface area contributed by atoms with Crippen LogP contribution in [0.1, 0.15) is 18.5 Å². The lowest BCUT2D eigenvalue weighted by molar-refractivity contribution is -0.384. The second-order valence-electron chi connectivity index (χ2n) is 3.40. The van der Waals surface area contributed by atoms with Crippen LogP contribution in [0.5, 0.6) is 0 Å². The number of nitrogens with zero attached hydrogens (tertiary/aromatic N) is 3. The summed E-state index contributed by atoms with van der Waals surface area (Å²) < 4.78 is 1.48. The molecule has 1 aromatic heterocycles. The van der Waals surface area contributed by atoms with Crippen molar-refractivity contribution in [3.63, 3.8) is 0 Å². The van der Waals surface area contributed by atoms with Gasteiger partial charge in [-0.25, -0.2) is 4.68 Å². The maximum Gasteiger partial charge on any atom is 0.333 e. The predicted octanol–water partition coefficient (Wildman–Crippen LogP) is 1.46. The summed E-state index contributed by atoms with van der Waals surface area (Å²) in [6.45, 7) is 2.22. The van der Waals surface area contributed by atoms with Crippen molar-refractivity contribution in [3.05, 3.63) is 15.8 Å². The van der Waals surface area contributed by atoms with Gasteiger partial charge in [0.2, 0.25) is 5.82 Å². The molecule has 0 saturated carbocycles. The molecule has 1 rings (SSSR count). The number of aryl methyl sites for hydroxylation is 2. The molecular weight excluding hydrogens is 208 g/mol. The zero-order chi connectivity index (χ0) is 12.1. The first-order valence-electron chi connectivity index (χ1n) is 4.93. The molecule has 0 aliphatic rings. The first-order chi connectivity index (χ1) is 7.57. The van der Waals surface area contributed by atoms with Crippen molar-refractivity contribution in [1.82, 2.24) is 9.78 Å². The number of anilines is 1. The van der Waals surface area contributed by atoms with Gasteiger partial charge in [-0.05, 0) is 13.3 Å². The summed E-state index contributed by atoms with van der Waals surface area (Å²) in [5.41, 5.74) is 0.440. The van der Waals surface area contributed by atoms with Gasteiger partial charge in [0, 0.05) is 20.0 Å². The molecule has 0 unspecified atom stereocenters. The second kappa shape index (κ2) is 5.16. The molecular formula is C10H14N4O2. The fourth-order valence-corrected chi connectivity index (χ4v) is 1.46. The van der Waals surface area contributed by atoms with Crippen LogP contribution in [0, 0.1) is 29.4 Å². The van der Waals surface area contributed by atoms with Crippen LogP contribution in [0.2, 0.25) is 0 Å². The van der Waals surface area contributed by atoms with E-state index in [1.54, 1.807) is 14.0 Å². The van der Waals surface area contributed by atoms with Gasteiger partial charge in [0.1, 0.15) is 5.69 Å². The molecule has 1 N–H and O–H groups in total.